The van der Waals surface area contributed by atoms with Crippen molar-refractivity contribution in [3.63, 3.8) is 0 Å². The highest BCUT2D eigenvalue weighted by Crippen LogP contribution is 2.39. The van der Waals surface area contributed by atoms with Crippen molar-refractivity contribution in [2.24, 2.45) is 0 Å². The second-order valence-corrected chi connectivity index (χ2v) is 5.97. The van der Waals surface area contributed by atoms with Crippen LogP contribution in [0.25, 0.3) is 11.4 Å². The van der Waals surface area contributed by atoms with Gasteiger partial charge < -0.3 is 24.1 Å². The summed E-state index contributed by atoms with van der Waals surface area (Å²) in [6.45, 7) is 1.68. The standard InChI is InChI=1S/C16H20ClN3O4/c1-21-12-9-10(8-11(17)13(12)22-2)14-19-15(24-20-14)16(23-3)4-6-18-7-5-16/h8-9,18H,4-7H2,1-3H3. The molecular formula is C16H20ClN3O4. The maximum absolute atomic E-state index is 6.25. The molecule has 7 nitrogen and oxygen atoms in total. The van der Waals surface area contributed by atoms with Crippen LogP contribution in [0.2, 0.25) is 5.02 Å². The number of ether oxygens (including phenoxy) is 3. The Morgan fingerprint density at radius 1 is 1.17 bits per heavy atom. The molecule has 1 fully saturated rings. The molecule has 3 rings (SSSR count). The fourth-order valence-corrected chi connectivity index (χ4v) is 3.20. The molecular weight excluding hydrogens is 334 g/mol. The molecule has 0 amide bonds. The summed E-state index contributed by atoms with van der Waals surface area (Å²) >= 11 is 6.25. The molecule has 0 aliphatic carbocycles. The van der Waals surface area contributed by atoms with E-state index in [0.717, 1.165) is 25.9 Å². The van der Waals surface area contributed by atoms with E-state index < -0.39 is 5.60 Å². The highest BCUT2D eigenvalue weighted by atomic mass is 35.5. The van der Waals surface area contributed by atoms with E-state index in [1.165, 1.54) is 7.11 Å². The van der Waals surface area contributed by atoms with Crippen molar-refractivity contribution in [1.82, 2.24) is 15.5 Å². The summed E-state index contributed by atoms with van der Waals surface area (Å²) in [5.41, 5.74) is 0.143. The Kier molecular flexibility index (Phi) is 4.93. The predicted octanol–water partition coefficient (Wildman–Crippen LogP) is 2.63. The van der Waals surface area contributed by atoms with Crippen LogP contribution >= 0.6 is 11.6 Å². The van der Waals surface area contributed by atoms with Crippen molar-refractivity contribution in [3.05, 3.63) is 23.0 Å². The Morgan fingerprint density at radius 3 is 2.54 bits per heavy atom. The minimum Gasteiger partial charge on any atom is -0.493 e. The molecule has 0 saturated carbocycles. The summed E-state index contributed by atoms with van der Waals surface area (Å²) in [5.74, 6) is 1.89. The average molecular weight is 354 g/mol. The number of hydrogen-bond donors (Lipinski definition) is 1. The smallest absolute Gasteiger partial charge is 0.259 e. The molecule has 2 aromatic rings. The van der Waals surface area contributed by atoms with E-state index in [9.17, 15) is 0 Å². The summed E-state index contributed by atoms with van der Waals surface area (Å²) in [4.78, 5) is 4.53. The third kappa shape index (κ3) is 2.94. The number of nitrogens with zero attached hydrogens (tertiary/aromatic N) is 2. The Hall–Kier alpha value is -1.83. The van der Waals surface area contributed by atoms with Crippen LogP contribution in [0.4, 0.5) is 0 Å². The maximum atomic E-state index is 6.25. The minimum atomic E-state index is -0.545. The minimum absolute atomic E-state index is 0.418. The van der Waals surface area contributed by atoms with Crippen LogP contribution < -0.4 is 14.8 Å². The van der Waals surface area contributed by atoms with Gasteiger partial charge >= 0.3 is 0 Å². The van der Waals surface area contributed by atoms with E-state index in [1.54, 1.807) is 26.4 Å². The first-order valence-electron chi connectivity index (χ1n) is 7.65. The molecule has 1 N–H and O–H groups in total. The van der Waals surface area contributed by atoms with Gasteiger partial charge in [-0.1, -0.05) is 16.8 Å². The third-order valence-corrected chi connectivity index (χ3v) is 4.59. The van der Waals surface area contributed by atoms with Gasteiger partial charge in [0.1, 0.15) is 5.60 Å². The molecule has 0 unspecified atom stereocenters. The van der Waals surface area contributed by atoms with Crippen LogP contribution in [0, 0.1) is 0 Å². The van der Waals surface area contributed by atoms with Crippen LogP contribution in [0.3, 0.4) is 0 Å². The molecule has 1 aromatic heterocycles. The van der Waals surface area contributed by atoms with Gasteiger partial charge in [0.05, 0.1) is 19.2 Å². The first-order valence-corrected chi connectivity index (χ1v) is 8.03. The van der Waals surface area contributed by atoms with E-state index in [4.69, 9.17) is 30.3 Å². The number of methoxy groups -OCH3 is 3. The summed E-state index contributed by atoms with van der Waals surface area (Å²) < 4.78 is 21.8. The zero-order valence-electron chi connectivity index (χ0n) is 13.9. The van der Waals surface area contributed by atoms with E-state index in [2.05, 4.69) is 15.5 Å². The van der Waals surface area contributed by atoms with Crippen LogP contribution in [0.15, 0.2) is 16.7 Å². The van der Waals surface area contributed by atoms with Gasteiger partial charge in [-0.25, -0.2) is 0 Å². The van der Waals surface area contributed by atoms with E-state index in [1.807, 2.05) is 0 Å². The Morgan fingerprint density at radius 2 is 1.92 bits per heavy atom. The highest BCUT2D eigenvalue weighted by molar-refractivity contribution is 6.32. The molecule has 0 atom stereocenters. The fraction of sp³-hybridized carbons (Fsp3) is 0.500. The molecule has 24 heavy (non-hydrogen) atoms. The van der Waals surface area contributed by atoms with Gasteiger partial charge in [0.15, 0.2) is 11.5 Å². The quantitative estimate of drug-likeness (QED) is 0.885. The summed E-state index contributed by atoms with van der Waals surface area (Å²) in [6, 6.07) is 3.49. The van der Waals surface area contributed by atoms with Crippen LogP contribution in [0.1, 0.15) is 18.7 Å². The molecule has 1 aliphatic heterocycles. The molecule has 1 aliphatic rings. The highest BCUT2D eigenvalue weighted by Gasteiger charge is 2.39. The van der Waals surface area contributed by atoms with Gasteiger partial charge in [-0.2, -0.15) is 4.98 Å². The number of halogens is 1. The molecule has 130 valence electrons. The lowest BCUT2D eigenvalue weighted by molar-refractivity contribution is -0.0622. The molecule has 1 saturated heterocycles. The lowest BCUT2D eigenvalue weighted by Crippen LogP contribution is -2.41. The van der Waals surface area contributed by atoms with Gasteiger partial charge in [0.25, 0.3) is 5.89 Å². The van der Waals surface area contributed by atoms with Gasteiger partial charge in [-0.05, 0) is 38.1 Å². The van der Waals surface area contributed by atoms with Crippen molar-refractivity contribution >= 4 is 11.6 Å². The predicted molar refractivity (Wildman–Crippen MR) is 88.6 cm³/mol. The van der Waals surface area contributed by atoms with E-state index in [0.29, 0.717) is 33.8 Å². The van der Waals surface area contributed by atoms with E-state index >= 15 is 0 Å². The Balaban J connectivity index is 1.97. The normalized spacial score (nSPS) is 16.8. The molecule has 8 heteroatoms. The average Bonchev–Trinajstić information content (AvgIpc) is 3.12. The number of rotatable bonds is 5. The van der Waals surface area contributed by atoms with Gasteiger partial charge in [-0.3, -0.25) is 0 Å². The topological polar surface area (TPSA) is 78.6 Å². The zero-order chi connectivity index (χ0) is 17.2. The molecule has 2 heterocycles. The van der Waals surface area contributed by atoms with Gasteiger partial charge in [0, 0.05) is 12.7 Å². The summed E-state index contributed by atoms with van der Waals surface area (Å²) in [7, 11) is 4.76. The van der Waals surface area contributed by atoms with Gasteiger partial charge in [0.2, 0.25) is 5.82 Å². The summed E-state index contributed by atoms with van der Waals surface area (Å²) in [5, 5.41) is 7.80. The maximum Gasteiger partial charge on any atom is 0.259 e. The monoisotopic (exact) mass is 353 g/mol. The number of piperidine rings is 1. The van der Waals surface area contributed by atoms with E-state index in [-0.39, 0.29) is 0 Å². The fourth-order valence-electron chi connectivity index (χ4n) is 2.91. The lowest BCUT2D eigenvalue weighted by atomic mass is 9.92. The molecule has 0 spiro atoms. The van der Waals surface area contributed by atoms with Crippen molar-refractivity contribution in [2.45, 2.75) is 18.4 Å². The Bertz CT molecular complexity index is 713. The van der Waals surface area contributed by atoms with Crippen molar-refractivity contribution in [3.8, 4) is 22.9 Å². The second kappa shape index (κ2) is 6.96. The van der Waals surface area contributed by atoms with Crippen LogP contribution in [0.5, 0.6) is 11.5 Å². The van der Waals surface area contributed by atoms with Crippen molar-refractivity contribution in [2.75, 3.05) is 34.4 Å². The first kappa shape index (κ1) is 17.0. The molecule has 0 radical (unpaired) electrons. The Labute approximate surface area is 145 Å². The largest absolute Gasteiger partial charge is 0.493 e. The zero-order valence-corrected chi connectivity index (χ0v) is 14.6. The molecule has 0 bridgehead atoms. The first-order chi connectivity index (χ1) is 11.6. The van der Waals surface area contributed by atoms with Gasteiger partial charge in [-0.15, -0.1) is 0 Å². The SMILES string of the molecule is COc1cc(-c2noc(C3(OC)CCNCC3)n2)cc(Cl)c1OC. The number of hydrogen-bond acceptors (Lipinski definition) is 7. The van der Waals surface area contributed by atoms with Crippen LogP contribution in [-0.4, -0.2) is 44.6 Å². The lowest BCUT2D eigenvalue weighted by Gasteiger charge is -2.32. The van der Waals surface area contributed by atoms with Crippen LogP contribution in [-0.2, 0) is 10.3 Å². The molecule has 1 aromatic carbocycles. The van der Waals surface area contributed by atoms with Crippen molar-refractivity contribution < 1.29 is 18.7 Å². The van der Waals surface area contributed by atoms with Crippen molar-refractivity contribution in [1.29, 1.82) is 0 Å². The second-order valence-electron chi connectivity index (χ2n) is 5.57. The third-order valence-electron chi connectivity index (χ3n) is 4.31. The number of nitrogens with one attached hydrogen (secondary N) is 1. The summed E-state index contributed by atoms with van der Waals surface area (Å²) in [6.07, 6.45) is 1.55. The number of benzene rings is 1. The number of aromatic nitrogens is 2.